The van der Waals surface area contributed by atoms with E-state index in [9.17, 15) is 4.39 Å². The third-order valence-corrected chi connectivity index (χ3v) is 3.73. The van der Waals surface area contributed by atoms with Crippen molar-refractivity contribution in [3.05, 3.63) is 63.1 Å². The molecule has 2 aromatic rings. The first-order valence-electron chi connectivity index (χ1n) is 5.61. The van der Waals surface area contributed by atoms with Gasteiger partial charge in [0.2, 0.25) is 0 Å². The van der Waals surface area contributed by atoms with Gasteiger partial charge in [-0.25, -0.2) is 4.39 Å². The summed E-state index contributed by atoms with van der Waals surface area (Å²) in [6, 6.07) is 6.52. The Morgan fingerprint density at radius 1 is 1.42 bits per heavy atom. The summed E-state index contributed by atoms with van der Waals surface area (Å²) in [5.74, 6) is 5.29. The molecule has 1 atom stereocenters. The van der Waals surface area contributed by atoms with E-state index in [-0.39, 0.29) is 11.9 Å². The molecule has 1 unspecified atom stereocenters. The van der Waals surface area contributed by atoms with Crippen LogP contribution in [0.5, 0.6) is 0 Å². The fraction of sp³-hybridized carbons (Fsp3) is 0.154. The second-order valence-corrected chi connectivity index (χ2v) is 5.33. The molecule has 2 rings (SSSR count). The summed E-state index contributed by atoms with van der Waals surface area (Å²) in [5.41, 5.74) is 4.53. The molecule has 0 saturated carbocycles. The molecule has 0 radical (unpaired) electrons. The predicted molar refractivity (Wildman–Crippen MR) is 77.1 cm³/mol. The van der Waals surface area contributed by atoms with Crippen molar-refractivity contribution < 1.29 is 4.39 Å². The van der Waals surface area contributed by atoms with Gasteiger partial charge in [-0.05, 0) is 51.7 Å². The molecule has 0 saturated heterocycles. The van der Waals surface area contributed by atoms with Crippen LogP contribution in [-0.4, -0.2) is 4.98 Å². The number of rotatable bonds is 4. The van der Waals surface area contributed by atoms with Crippen LogP contribution in [0, 0.1) is 5.82 Å². The molecule has 1 heterocycles. The van der Waals surface area contributed by atoms with Crippen molar-refractivity contribution in [2.24, 2.45) is 5.84 Å². The fourth-order valence-corrected chi connectivity index (χ4v) is 2.51. The minimum Gasteiger partial charge on any atom is -0.271 e. The first kappa shape index (κ1) is 14.4. The molecule has 0 amide bonds. The lowest BCUT2D eigenvalue weighted by Crippen LogP contribution is -2.29. The second-order valence-electron chi connectivity index (χ2n) is 4.07. The average Bonchev–Trinajstić information content (AvgIpc) is 2.41. The van der Waals surface area contributed by atoms with E-state index in [1.54, 1.807) is 24.5 Å². The summed E-state index contributed by atoms with van der Waals surface area (Å²) in [5, 5.41) is 0.548. The Morgan fingerprint density at radius 2 is 2.21 bits per heavy atom. The minimum absolute atomic E-state index is 0.159. The molecule has 0 spiro atoms. The summed E-state index contributed by atoms with van der Waals surface area (Å²) in [6.07, 6.45) is 3.83. The lowest BCUT2D eigenvalue weighted by molar-refractivity contribution is 0.550. The Bertz CT molecular complexity index is 580. The molecular formula is C13H12BrClFN3. The van der Waals surface area contributed by atoms with Crippen LogP contribution in [-0.2, 0) is 6.42 Å². The Kier molecular flexibility index (Phi) is 4.87. The molecule has 0 aliphatic carbocycles. The second kappa shape index (κ2) is 6.43. The van der Waals surface area contributed by atoms with Gasteiger partial charge in [0, 0.05) is 12.4 Å². The fourth-order valence-electron chi connectivity index (χ4n) is 1.83. The highest BCUT2D eigenvalue weighted by Crippen LogP contribution is 2.26. The number of hydrazine groups is 1. The number of benzene rings is 1. The van der Waals surface area contributed by atoms with E-state index in [0.29, 0.717) is 15.9 Å². The topological polar surface area (TPSA) is 50.9 Å². The van der Waals surface area contributed by atoms with Crippen molar-refractivity contribution >= 4 is 27.5 Å². The van der Waals surface area contributed by atoms with Crippen molar-refractivity contribution in [3.8, 4) is 0 Å². The standard InChI is InChI=1S/C13H12BrClFN3/c14-10-5-8(1-2-12(10)16)6-13(19-17)9-3-4-18-7-11(9)15/h1-5,7,13,19H,6,17H2. The summed E-state index contributed by atoms with van der Waals surface area (Å²) in [4.78, 5) is 3.94. The molecule has 0 bridgehead atoms. The zero-order valence-electron chi connectivity index (χ0n) is 9.91. The number of nitrogens with zero attached hydrogens (tertiary/aromatic N) is 1. The van der Waals surface area contributed by atoms with Crippen LogP contribution in [0.15, 0.2) is 41.1 Å². The Morgan fingerprint density at radius 3 is 2.84 bits per heavy atom. The molecule has 0 fully saturated rings. The van der Waals surface area contributed by atoms with Gasteiger partial charge < -0.3 is 0 Å². The number of hydrogen-bond acceptors (Lipinski definition) is 3. The van der Waals surface area contributed by atoms with Crippen LogP contribution in [0.3, 0.4) is 0 Å². The highest BCUT2D eigenvalue weighted by atomic mass is 79.9. The van der Waals surface area contributed by atoms with Gasteiger partial charge >= 0.3 is 0 Å². The lowest BCUT2D eigenvalue weighted by Gasteiger charge is -2.17. The van der Waals surface area contributed by atoms with Gasteiger partial charge in [0.1, 0.15) is 5.82 Å². The maximum atomic E-state index is 13.2. The molecule has 0 aliphatic heterocycles. The lowest BCUT2D eigenvalue weighted by atomic mass is 10.0. The first-order valence-corrected chi connectivity index (χ1v) is 6.78. The number of pyridine rings is 1. The SMILES string of the molecule is NNC(Cc1ccc(F)c(Br)c1)c1ccncc1Cl. The van der Waals surface area contributed by atoms with E-state index in [0.717, 1.165) is 11.1 Å². The molecule has 3 nitrogen and oxygen atoms in total. The van der Waals surface area contributed by atoms with Crippen LogP contribution < -0.4 is 11.3 Å². The average molecular weight is 345 g/mol. The molecule has 100 valence electrons. The normalized spacial score (nSPS) is 12.4. The van der Waals surface area contributed by atoms with Crippen molar-refractivity contribution in [1.82, 2.24) is 10.4 Å². The van der Waals surface area contributed by atoms with Crippen molar-refractivity contribution in [1.29, 1.82) is 0 Å². The van der Waals surface area contributed by atoms with Gasteiger partial charge in [-0.2, -0.15) is 0 Å². The highest BCUT2D eigenvalue weighted by Gasteiger charge is 2.14. The molecule has 3 N–H and O–H groups in total. The summed E-state index contributed by atoms with van der Waals surface area (Å²) >= 11 is 9.26. The van der Waals surface area contributed by atoms with Gasteiger partial charge in [-0.3, -0.25) is 16.3 Å². The number of halogens is 3. The van der Waals surface area contributed by atoms with Gasteiger partial charge in [-0.1, -0.05) is 17.7 Å². The van der Waals surface area contributed by atoms with Crippen molar-refractivity contribution in [2.45, 2.75) is 12.5 Å². The monoisotopic (exact) mass is 343 g/mol. The van der Waals surface area contributed by atoms with Crippen LogP contribution in [0.25, 0.3) is 0 Å². The van der Waals surface area contributed by atoms with E-state index in [4.69, 9.17) is 17.4 Å². The van der Waals surface area contributed by atoms with E-state index >= 15 is 0 Å². The third kappa shape index (κ3) is 3.51. The van der Waals surface area contributed by atoms with E-state index < -0.39 is 0 Å². The maximum absolute atomic E-state index is 13.2. The number of hydrogen-bond donors (Lipinski definition) is 2. The van der Waals surface area contributed by atoms with Crippen LogP contribution >= 0.6 is 27.5 Å². The molecule has 0 aliphatic rings. The quantitative estimate of drug-likeness (QED) is 0.660. The first-order chi connectivity index (χ1) is 9.11. The zero-order valence-corrected chi connectivity index (χ0v) is 12.2. The van der Waals surface area contributed by atoms with Crippen molar-refractivity contribution in [3.63, 3.8) is 0 Å². The van der Waals surface area contributed by atoms with Crippen LogP contribution in [0.1, 0.15) is 17.2 Å². The Balaban J connectivity index is 2.24. The molecular weight excluding hydrogens is 333 g/mol. The number of nitrogens with one attached hydrogen (secondary N) is 1. The van der Waals surface area contributed by atoms with E-state index in [2.05, 4.69) is 26.3 Å². The van der Waals surface area contributed by atoms with Gasteiger partial charge in [0.15, 0.2) is 0 Å². The van der Waals surface area contributed by atoms with Crippen molar-refractivity contribution in [2.75, 3.05) is 0 Å². The largest absolute Gasteiger partial charge is 0.271 e. The molecule has 6 heteroatoms. The highest BCUT2D eigenvalue weighted by molar-refractivity contribution is 9.10. The smallest absolute Gasteiger partial charge is 0.137 e. The number of nitrogens with two attached hydrogens (primary N) is 1. The molecule has 19 heavy (non-hydrogen) atoms. The van der Waals surface area contributed by atoms with Crippen LogP contribution in [0.4, 0.5) is 4.39 Å². The van der Waals surface area contributed by atoms with E-state index in [1.165, 1.54) is 6.07 Å². The summed E-state index contributed by atoms with van der Waals surface area (Å²) in [7, 11) is 0. The van der Waals surface area contributed by atoms with Crippen LogP contribution in [0.2, 0.25) is 5.02 Å². The number of aromatic nitrogens is 1. The minimum atomic E-state index is -0.289. The maximum Gasteiger partial charge on any atom is 0.137 e. The van der Waals surface area contributed by atoms with Gasteiger partial charge in [0.25, 0.3) is 0 Å². The van der Waals surface area contributed by atoms with Gasteiger partial charge in [0.05, 0.1) is 15.5 Å². The zero-order chi connectivity index (χ0) is 13.8. The van der Waals surface area contributed by atoms with E-state index in [1.807, 2.05) is 6.07 Å². The molecule has 1 aromatic heterocycles. The predicted octanol–water partition coefficient (Wildman–Crippen LogP) is 3.38. The Labute approximate surface area is 124 Å². The Hall–Kier alpha value is -1.01. The summed E-state index contributed by atoms with van der Waals surface area (Å²) < 4.78 is 13.6. The van der Waals surface area contributed by atoms with Gasteiger partial charge in [-0.15, -0.1) is 0 Å². The molecule has 1 aromatic carbocycles. The third-order valence-electron chi connectivity index (χ3n) is 2.80. The summed E-state index contributed by atoms with van der Waals surface area (Å²) in [6.45, 7) is 0.